The van der Waals surface area contributed by atoms with Gasteiger partial charge in [-0.05, 0) is 62.4 Å². The van der Waals surface area contributed by atoms with Crippen LogP contribution in [0.5, 0.6) is 5.75 Å². The zero-order valence-electron chi connectivity index (χ0n) is 22.6. The average Bonchev–Trinajstić information content (AvgIpc) is 3.73. The van der Waals surface area contributed by atoms with Crippen molar-refractivity contribution in [1.82, 2.24) is 24.8 Å². The Morgan fingerprint density at radius 3 is 2.58 bits per heavy atom. The Kier molecular flexibility index (Phi) is 7.88. The molecule has 0 bridgehead atoms. The predicted octanol–water partition coefficient (Wildman–Crippen LogP) is 4.93. The number of benzene rings is 2. The van der Waals surface area contributed by atoms with E-state index in [4.69, 9.17) is 21.3 Å². The summed E-state index contributed by atoms with van der Waals surface area (Å²) in [6.45, 7) is 4.63. The van der Waals surface area contributed by atoms with Gasteiger partial charge < -0.3 is 25.0 Å². The van der Waals surface area contributed by atoms with Crippen LogP contribution in [0.25, 0.3) is 22.6 Å². The van der Waals surface area contributed by atoms with E-state index in [1.165, 1.54) is 0 Å². The number of fused-ring (bicyclic) bond motifs is 1. The van der Waals surface area contributed by atoms with E-state index in [9.17, 15) is 14.7 Å². The number of imidazole rings is 1. The highest BCUT2D eigenvalue weighted by Crippen LogP contribution is 2.37. The first-order valence-corrected chi connectivity index (χ1v) is 13.6. The van der Waals surface area contributed by atoms with Crippen molar-refractivity contribution < 1.29 is 19.4 Å². The number of hydrogen-bond acceptors (Lipinski definition) is 7. The summed E-state index contributed by atoms with van der Waals surface area (Å²) >= 11 is 6.15. The van der Waals surface area contributed by atoms with Crippen LogP contribution in [-0.4, -0.2) is 56.2 Å². The molecule has 40 heavy (non-hydrogen) atoms. The smallest absolute Gasteiger partial charge is 0.374 e. The number of amides is 1. The molecule has 1 aliphatic rings. The van der Waals surface area contributed by atoms with Gasteiger partial charge >= 0.3 is 5.97 Å². The summed E-state index contributed by atoms with van der Waals surface area (Å²) in [5.41, 5.74) is 3.50. The van der Waals surface area contributed by atoms with Crippen LogP contribution in [0.1, 0.15) is 47.9 Å². The second-order valence-corrected chi connectivity index (χ2v) is 10.5. The number of nitrogens with one attached hydrogen (secondary N) is 2. The predicted molar refractivity (Wildman–Crippen MR) is 153 cm³/mol. The van der Waals surface area contributed by atoms with Crippen molar-refractivity contribution in [2.45, 2.75) is 45.7 Å². The first-order valence-electron chi connectivity index (χ1n) is 13.2. The fourth-order valence-corrected chi connectivity index (χ4v) is 4.74. The van der Waals surface area contributed by atoms with Gasteiger partial charge in [0.15, 0.2) is 11.5 Å². The molecule has 3 N–H and O–H groups in total. The maximum absolute atomic E-state index is 12.0. The number of anilines is 1. The number of nitrogens with zero attached hydrogens (tertiary/aromatic N) is 4. The molecule has 5 rings (SSSR count). The van der Waals surface area contributed by atoms with Crippen molar-refractivity contribution in [3.63, 3.8) is 0 Å². The fourth-order valence-electron chi connectivity index (χ4n) is 4.62. The summed E-state index contributed by atoms with van der Waals surface area (Å²) in [6, 6.07) is 13.3. The van der Waals surface area contributed by atoms with Crippen molar-refractivity contribution in [2.75, 3.05) is 19.0 Å². The molecule has 2 aromatic heterocycles. The van der Waals surface area contributed by atoms with Crippen molar-refractivity contribution in [2.24, 2.45) is 5.92 Å². The van der Waals surface area contributed by atoms with E-state index in [2.05, 4.69) is 27.5 Å². The highest BCUT2D eigenvalue weighted by Gasteiger charge is 2.30. The maximum Gasteiger partial charge on any atom is 0.374 e. The molecule has 1 unspecified atom stereocenters. The van der Waals surface area contributed by atoms with Gasteiger partial charge in [0.25, 0.3) is 0 Å². The van der Waals surface area contributed by atoms with Gasteiger partial charge in [0, 0.05) is 24.7 Å². The zero-order chi connectivity index (χ0) is 28.4. The summed E-state index contributed by atoms with van der Waals surface area (Å²) in [7, 11) is 1.58. The van der Waals surface area contributed by atoms with Crippen LogP contribution >= 0.6 is 11.6 Å². The third kappa shape index (κ3) is 6.02. The second kappa shape index (κ2) is 11.5. The Labute approximate surface area is 236 Å². The first kappa shape index (κ1) is 27.4. The van der Waals surface area contributed by atoms with Gasteiger partial charge in [0.05, 0.1) is 18.6 Å². The molecule has 1 amide bonds. The topological polar surface area (TPSA) is 131 Å². The number of carboxylic acid groups (broad SMARTS) is 1. The minimum Gasteiger partial charge on any atom is -0.492 e. The largest absolute Gasteiger partial charge is 0.492 e. The third-order valence-electron chi connectivity index (χ3n) is 6.98. The number of ether oxygens (including phenoxy) is 1. The molecular formula is C29H31ClN6O4. The number of hydrogen-bond donors (Lipinski definition) is 3. The number of carbonyl (C=O) groups is 2. The monoisotopic (exact) mass is 562 g/mol. The van der Waals surface area contributed by atoms with Crippen LogP contribution in [0.2, 0.25) is 5.02 Å². The summed E-state index contributed by atoms with van der Waals surface area (Å²) in [5.74, 6) is 0.336. The first-order chi connectivity index (χ1) is 19.2. The van der Waals surface area contributed by atoms with Crippen molar-refractivity contribution in [3.05, 3.63) is 64.4 Å². The molecule has 0 radical (unpaired) electrons. The number of aromatic nitrogens is 4. The number of halogens is 1. The normalized spacial score (nSPS) is 13.7. The average molecular weight is 563 g/mol. The molecular weight excluding hydrogens is 532 g/mol. The third-order valence-corrected chi connectivity index (χ3v) is 7.24. The van der Waals surface area contributed by atoms with E-state index in [0.29, 0.717) is 46.0 Å². The standard InChI is InChI=1S/C29H31ClN6O4/c1-16-4-11-22(40-13-12-23(37)31-3)21(14-16)28-35-26-24(36(28)15-18-5-9-20(30)10-6-18)25(32-17(2)19-7-8-19)33-27(34-26)29(38)39/h4-6,9-11,14,17,19H,7-8,12-13,15H2,1-3H3,(H,31,37)(H,38,39)(H,32,33,34). The Bertz CT molecular complexity index is 1570. The molecule has 208 valence electrons. The van der Waals surface area contributed by atoms with Gasteiger partial charge in [-0.1, -0.05) is 35.4 Å². The van der Waals surface area contributed by atoms with E-state index < -0.39 is 5.97 Å². The van der Waals surface area contributed by atoms with Crippen molar-refractivity contribution >= 4 is 40.5 Å². The van der Waals surface area contributed by atoms with Crippen LogP contribution in [0.4, 0.5) is 5.82 Å². The van der Waals surface area contributed by atoms with E-state index in [-0.39, 0.29) is 36.4 Å². The lowest BCUT2D eigenvalue weighted by molar-refractivity contribution is -0.121. The Hall–Kier alpha value is -4.18. The lowest BCUT2D eigenvalue weighted by Crippen LogP contribution is -2.20. The lowest BCUT2D eigenvalue weighted by atomic mass is 10.1. The molecule has 1 aliphatic carbocycles. The molecule has 1 saturated carbocycles. The summed E-state index contributed by atoms with van der Waals surface area (Å²) in [4.78, 5) is 37.3. The van der Waals surface area contributed by atoms with Gasteiger partial charge in [0.1, 0.15) is 17.1 Å². The molecule has 4 aromatic rings. The minimum absolute atomic E-state index is 0.102. The molecule has 2 aromatic carbocycles. The van der Waals surface area contributed by atoms with Crippen LogP contribution in [0.3, 0.4) is 0 Å². The van der Waals surface area contributed by atoms with Gasteiger partial charge in [-0.15, -0.1) is 0 Å². The van der Waals surface area contributed by atoms with Gasteiger partial charge in [-0.2, -0.15) is 0 Å². The van der Waals surface area contributed by atoms with Crippen molar-refractivity contribution in [3.8, 4) is 17.1 Å². The number of aryl methyl sites for hydroxylation is 1. The van der Waals surface area contributed by atoms with Crippen molar-refractivity contribution in [1.29, 1.82) is 0 Å². The Morgan fingerprint density at radius 1 is 1.15 bits per heavy atom. The van der Waals surface area contributed by atoms with E-state index in [1.54, 1.807) is 7.05 Å². The molecule has 1 fully saturated rings. The SMILES string of the molecule is CNC(=O)CCOc1ccc(C)cc1-c1nc2nc(C(=O)O)nc(NC(C)C3CC3)c2n1Cc1ccc(Cl)cc1. The Balaban J connectivity index is 1.69. The molecule has 0 spiro atoms. The summed E-state index contributed by atoms with van der Waals surface area (Å²) in [5, 5.41) is 16.4. The lowest BCUT2D eigenvalue weighted by Gasteiger charge is -2.17. The van der Waals surface area contributed by atoms with E-state index >= 15 is 0 Å². The molecule has 11 heteroatoms. The molecule has 0 saturated heterocycles. The molecule has 1 atom stereocenters. The van der Waals surface area contributed by atoms with Crippen LogP contribution < -0.4 is 15.4 Å². The van der Waals surface area contributed by atoms with Gasteiger partial charge in [0.2, 0.25) is 11.7 Å². The van der Waals surface area contributed by atoms with Crippen LogP contribution in [0.15, 0.2) is 42.5 Å². The highest BCUT2D eigenvalue weighted by atomic mass is 35.5. The minimum atomic E-state index is -1.23. The zero-order valence-corrected chi connectivity index (χ0v) is 23.3. The van der Waals surface area contributed by atoms with Crippen LogP contribution in [0, 0.1) is 12.8 Å². The summed E-state index contributed by atoms with van der Waals surface area (Å²) < 4.78 is 8.03. The fraction of sp³-hybridized carbons (Fsp3) is 0.345. The number of carbonyl (C=O) groups excluding carboxylic acids is 1. The summed E-state index contributed by atoms with van der Waals surface area (Å²) in [6.07, 6.45) is 2.43. The van der Waals surface area contributed by atoms with Crippen LogP contribution in [-0.2, 0) is 11.3 Å². The van der Waals surface area contributed by atoms with Gasteiger partial charge in [-0.3, -0.25) is 4.79 Å². The molecule has 0 aliphatic heterocycles. The molecule has 10 nitrogen and oxygen atoms in total. The van der Waals surface area contributed by atoms with E-state index in [1.807, 2.05) is 54.0 Å². The maximum atomic E-state index is 12.0. The quantitative estimate of drug-likeness (QED) is 0.234. The number of carboxylic acids is 1. The molecule has 2 heterocycles. The van der Waals surface area contributed by atoms with E-state index in [0.717, 1.165) is 24.0 Å². The van der Waals surface area contributed by atoms with Gasteiger partial charge in [-0.25, -0.2) is 19.7 Å². The Morgan fingerprint density at radius 2 is 1.90 bits per heavy atom. The number of rotatable bonds is 11. The highest BCUT2D eigenvalue weighted by molar-refractivity contribution is 6.30. The number of aromatic carboxylic acids is 1. The second-order valence-electron chi connectivity index (χ2n) is 10.1.